The highest BCUT2D eigenvalue weighted by Crippen LogP contribution is 2.10. The van der Waals surface area contributed by atoms with Gasteiger partial charge in [0.15, 0.2) is 0 Å². The fraction of sp³-hybridized carbons (Fsp3) is 0.438. The third-order valence-electron chi connectivity index (χ3n) is 3.18. The quantitative estimate of drug-likeness (QED) is 0.664. The van der Waals surface area contributed by atoms with E-state index in [2.05, 4.69) is 16.0 Å². The lowest BCUT2D eigenvalue weighted by molar-refractivity contribution is -0.114. The fourth-order valence-corrected chi connectivity index (χ4v) is 2.01. The number of carbonyl (C=O) groups is 3. The Balaban J connectivity index is 2.42. The molecular formula is C16H24N4O3. The van der Waals surface area contributed by atoms with Crippen LogP contribution in [-0.2, 0) is 4.79 Å². The molecule has 1 aromatic rings. The molecule has 0 saturated carbocycles. The summed E-state index contributed by atoms with van der Waals surface area (Å²) in [5, 5.41) is 8.10. The summed E-state index contributed by atoms with van der Waals surface area (Å²) < 4.78 is 0. The van der Waals surface area contributed by atoms with E-state index >= 15 is 0 Å². The number of hydrogen-bond donors (Lipinski definition) is 3. The van der Waals surface area contributed by atoms with Gasteiger partial charge in [0.2, 0.25) is 5.91 Å². The van der Waals surface area contributed by atoms with Crippen molar-refractivity contribution in [2.45, 2.75) is 20.8 Å². The second-order valence-electron chi connectivity index (χ2n) is 4.92. The van der Waals surface area contributed by atoms with Crippen LogP contribution in [0.3, 0.4) is 0 Å². The van der Waals surface area contributed by atoms with E-state index in [9.17, 15) is 14.4 Å². The summed E-state index contributed by atoms with van der Waals surface area (Å²) in [6.07, 6.45) is 0. The second kappa shape index (κ2) is 9.45. The number of anilines is 1. The molecule has 23 heavy (non-hydrogen) atoms. The number of rotatable bonds is 7. The molecule has 1 rings (SSSR count). The van der Waals surface area contributed by atoms with Crippen molar-refractivity contribution in [1.29, 1.82) is 0 Å². The van der Waals surface area contributed by atoms with Gasteiger partial charge >= 0.3 is 6.03 Å². The summed E-state index contributed by atoms with van der Waals surface area (Å²) in [6, 6.07) is 6.53. The second-order valence-corrected chi connectivity index (χ2v) is 4.92. The first-order valence-electron chi connectivity index (χ1n) is 7.66. The lowest BCUT2D eigenvalue weighted by atomic mass is 10.2. The fourth-order valence-electron chi connectivity index (χ4n) is 2.01. The van der Waals surface area contributed by atoms with E-state index in [0.29, 0.717) is 37.4 Å². The van der Waals surface area contributed by atoms with Crippen LogP contribution in [-0.4, -0.2) is 48.9 Å². The number of amides is 4. The van der Waals surface area contributed by atoms with Gasteiger partial charge in [-0.2, -0.15) is 0 Å². The first-order valence-corrected chi connectivity index (χ1v) is 7.66. The minimum atomic E-state index is -0.255. The standard InChI is InChI=1S/C16H24N4O3/c1-4-20(5-2)16(23)18-10-9-17-15(22)13-7-6-8-14(11-13)19-12(3)21/h6-8,11H,4-5,9-10H2,1-3H3,(H,17,22)(H,18,23)(H,19,21). The van der Waals surface area contributed by atoms with E-state index < -0.39 is 0 Å². The molecule has 0 aromatic heterocycles. The van der Waals surface area contributed by atoms with Crippen molar-refractivity contribution in [2.24, 2.45) is 0 Å². The zero-order valence-electron chi connectivity index (χ0n) is 13.8. The molecule has 0 fully saturated rings. The molecule has 0 heterocycles. The van der Waals surface area contributed by atoms with Crippen LogP contribution in [0.5, 0.6) is 0 Å². The molecule has 1 aromatic carbocycles. The topological polar surface area (TPSA) is 90.5 Å². The molecule has 0 saturated heterocycles. The average molecular weight is 320 g/mol. The van der Waals surface area contributed by atoms with Crippen molar-refractivity contribution in [3.8, 4) is 0 Å². The largest absolute Gasteiger partial charge is 0.350 e. The van der Waals surface area contributed by atoms with Crippen molar-refractivity contribution in [3.05, 3.63) is 29.8 Å². The van der Waals surface area contributed by atoms with Crippen LogP contribution in [0, 0.1) is 0 Å². The molecule has 4 amide bonds. The van der Waals surface area contributed by atoms with Crippen molar-refractivity contribution in [3.63, 3.8) is 0 Å². The van der Waals surface area contributed by atoms with E-state index in [1.807, 2.05) is 13.8 Å². The number of carbonyl (C=O) groups excluding carboxylic acids is 3. The molecular weight excluding hydrogens is 296 g/mol. The van der Waals surface area contributed by atoms with E-state index in [-0.39, 0.29) is 17.8 Å². The smallest absolute Gasteiger partial charge is 0.317 e. The van der Waals surface area contributed by atoms with Crippen LogP contribution in [0.2, 0.25) is 0 Å². The van der Waals surface area contributed by atoms with Crippen molar-refractivity contribution < 1.29 is 14.4 Å². The number of nitrogens with zero attached hydrogens (tertiary/aromatic N) is 1. The molecule has 126 valence electrons. The first kappa shape index (κ1) is 18.5. The molecule has 0 aliphatic carbocycles. The zero-order chi connectivity index (χ0) is 17.2. The maximum atomic E-state index is 12.0. The van der Waals surface area contributed by atoms with E-state index in [4.69, 9.17) is 0 Å². The highest BCUT2D eigenvalue weighted by Gasteiger charge is 2.09. The van der Waals surface area contributed by atoms with Crippen LogP contribution in [0.4, 0.5) is 10.5 Å². The molecule has 0 spiro atoms. The van der Waals surface area contributed by atoms with Crippen molar-refractivity contribution in [2.75, 3.05) is 31.5 Å². The minimum absolute atomic E-state index is 0.142. The van der Waals surface area contributed by atoms with E-state index in [0.717, 1.165) is 0 Å². The Morgan fingerprint density at radius 3 is 2.30 bits per heavy atom. The summed E-state index contributed by atoms with van der Waals surface area (Å²) in [7, 11) is 0. The van der Waals surface area contributed by atoms with Crippen LogP contribution < -0.4 is 16.0 Å². The highest BCUT2D eigenvalue weighted by molar-refractivity contribution is 5.96. The number of benzene rings is 1. The predicted molar refractivity (Wildman–Crippen MR) is 89.4 cm³/mol. The monoisotopic (exact) mass is 320 g/mol. The Morgan fingerprint density at radius 1 is 1.04 bits per heavy atom. The van der Waals surface area contributed by atoms with Crippen LogP contribution in [0.1, 0.15) is 31.1 Å². The molecule has 0 bridgehead atoms. The van der Waals surface area contributed by atoms with E-state index in [1.54, 1.807) is 29.2 Å². The van der Waals surface area contributed by atoms with Gasteiger partial charge in [-0.25, -0.2) is 4.79 Å². The Kier molecular flexibility index (Phi) is 7.59. The Morgan fingerprint density at radius 2 is 1.70 bits per heavy atom. The Bertz CT molecular complexity index is 556. The highest BCUT2D eigenvalue weighted by atomic mass is 16.2. The molecule has 0 unspecified atom stereocenters. The van der Waals surface area contributed by atoms with Gasteiger partial charge in [-0.1, -0.05) is 6.07 Å². The first-order chi connectivity index (χ1) is 11.0. The van der Waals surface area contributed by atoms with Crippen molar-refractivity contribution in [1.82, 2.24) is 15.5 Å². The van der Waals surface area contributed by atoms with Gasteiger partial charge in [-0.3, -0.25) is 9.59 Å². The molecule has 0 atom stereocenters. The third kappa shape index (κ3) is 6.37. The van der Waals surface area contributed by atoms with Crippen molar-refractivity contribution >= 4 is 23.5 Å². The summed E-state index contributed by atoms with van der Waals surface area (Å²) in [4.78, 5) is 36.4. The Hall–Kier alpha value is -2.57. The molecule has 7 heteroatoms. The van der Waals surface area contributed by atoms with Gasteiger partial charge in [-0.05, 0) is 32.0 Å². The lowest BCUT2D eigenvalue weighted by Gasteiger charge is -2.19. The van der Waals surface area contributed by atoms with Gasteiger partial charge in [0, 0.05) is 44.4 Å². The van der Waals surface area contributed by atoms with Gasteiger partial charge < -0.3 is 20.9 Å². The molecule has 3 N–H and O–H groups in total. The average Bonchev–Trinajstić information content (AvgIpc) is 2.52. The third-order valence-corrected chi connectivity index (χ3v) is 3.18. The lowest BCUT2D eigenvalue weighted by Crippen LogP contribution is -2.42. The summed E-state index contributed by atoms with van der Waals surface area (Å²) in [5.41, 5.74) is 1.02. The summed E-state index contributed by atoms with van der Waals surface area (Å²) >= 11 is 0. The van der Waals surface area contributed by atoms with Crippen LogP contribution in [0.15, 0.2) is 24.3 Å². The van der Waals surface area contributed by atoms with E-state index in [1.165, 1.54) is 6.92 Å². The predicted octanol–water partition coefficient (Wildman–Crippen LogP) is 1.43. The summed E-state index contributed by atoms with van der Waals surface area (Å²) in [5.74, 6) is -0.448. The molecule has 7 nitrogen and oxygen atoms in total. The zero-order valence-corrected chi connectivity index (χ0v) is 13.8. The SMILES string of the molecule is CCN(CC)C(=O)NCCNC(=O)c1cccc(NC(C)=O)c1. The number of nitrogens with one attached hydrogen (secondary N) is 3. The van der Waals surface area contributed by atoms with Gasteiger partial charge in [0.25, 0.3) is 5.91 Å². The normalized spacial score (nSPS) is 9.87. The number of urea groups is 1. The molecule has 0 radical (unpaired) electrons. The minimum Gasteiger partial charge on any atom is -0.350 e. The van der Waals surface area contributed by atoms with Crippen LogP contribution >= 0.6 is 0 Å². The van der Waals surface area contributed by atoms with Crippen LogP contribution in [0.25, 0.3) is 0 Å². The maximum Gasteiger partial charge on any atom is 0.317 e. The van der Waals surface area contributed by atoms with Gasteiger partial charge in [0.05, 0.1) is 0 Å². The summed E-state index contributed by atoms with van der Waals surface area (Å²) in [6.45, 7) is 7.20. The maximum absolute atomic E-state index is 12.0. The molecule has 0 aliphatic rings. The van der Waals surface area contributed by atoms with Gasteiger partial charge in [-0.15, -0.1) is 0 Å². The Labute approximate surface area is 136 Å². The molecule has 0 aliphatic heterocycles. The number of hydrogen-bond acceptors (Lipinski definition) is 3. The van der Waals surface area contributed by atoms with Gasteiger partial charge in [0.1, 0.15) is 0 Å².